The van der Waals surface area contributed by atoms with Crippen molar-refractivity contribution in [1.82, 2.24) is 5.32 Å². The van der Waals surface area contributed by atoms with Gasteiger partial charge in [-0.25, -0.2) is 0 Å². The average Bonchev–Trinajstić information content (AvgIpc) is 2.63. The number of carbonyl (C=O) groups is 1. The minimum Gasteiger partial charge on any atom is -0.396 e. The molecule has 3 atom stereocenters. The molecule has 1 fully saturated rings. The number of aliphatic hydroxyl groups excluding tert-OH is 1. The fourth-order valence-corrected chi connectivity index (χ4v) is 2.09. The first-order valence-corrected chi connectivity index (χ1v) is 6.17. The third-order valence-corrected chi connectivity index (χ3v) is 3.95. The van der Waals surface area contributed by atoms with E-state index in [0.717, 1.165) is 19.3 Å². The van der Waals surface area contributed by atoms with Crippen molar-refractivity contribution in [2.75, 3.05) is 6.61 Å². The van der Waals surface area contributed by atoms with Crippen LogP contribution in [-0.4, -0.2) is 28.9 Å². The Balaban J connectivity index is 2.43. The number of aliphatic hydroxyl groups is 1. The highest BCUT2D eigenvalue weighted by atomic mass is 32.1. The Morgan fingerprint density at radius 2 is 2.20 bits per heavy atom. The van der Waals surface area contributed by atoms with Gasteiger partial charge in [0.2, 0.25) is 5.91 Å². The molecule has 4 heteroatoms. The van der Waals surface area contributed by atoms with Crippen molar-refractivity contribution in [1.29, 1.82) is 0 Å². The van der Waals surface area contributed by atoms with Gasteiger partial charge in [0.25, 0.3) is 0 Å². The Bertz CT molecular complexity index is 221. The molecule has 3 unspecified atom stereocenters. The lowest BCUT2D eigenvalue weighted by molar-refractivity contribution is -0.122. The molecule has 0 aromatic carbocycles. The fourth-order valence-electron chi connectivity index (χ4n) is 2.02. The molecule has 0 spiro atoms. The summed E-state index contributed by atoms with van der Waals surface area (Å²) >= 11 is 4.28. The number of rotatable bonds is 4. The van der Waals surface area contributed by atoms with E-state index in [-0.39, 0.29) is 35.6 Å². The molecule has 0 saturated heterocycles. The third-order valence-electron chi connectivity index (χ3n) is 3.12. The second kappa shape index (κ2) is 5.75. The third kappa shape index (κ3) is 3.38. The molecule has 1 saturated carbocycles. The quantitative estimate of drug-likeness (QED) is 0.637. The highest BCUT2D eigenvalue weighted by Crippen LogP contribution is 2.25. The Hall–Kier alpha value is -0.220. The zero-order chi connectivity index (χ0) is 11.4. The minimum absolute atomic E-state index is 0.00122. The maximum absolute atomic E-state index is 11.7. The van der Waals surface area contributed by atoms with E-state index in [9.17, 15) is 4.79 Å². The molecule has 0 radical (unpaired) electrons. The van der Waals surface area contributed by atoms with Crippen LogP contribution in [0, 0.1) is 11.8 Å². The van der Waals surface area contributed by atoms with Crippen LogP contribution in [-0.2, 0) is 4.79 Å². The summed E-state index contributed by atoms with van der Waals surface area (Å²) in [5.41, 5.74) is 0. The second-order valence-electron chi connectivity index (χ2n) is 4.68. The van der Waals surface area contributed by atoms with Crippen LogP contribution in [0.5, 0.6) is 0 Å². The average molecular weight is 231 g/mol. The molecule has 0 aliphatic heterocycles. The van der Waals surface area contributed by atoms with E-state index < -0.39 is 0 Å². The van der Waals surface area contributed by atoms with E-state index in [4.69, 9.17) is 5.11 Å². The summed E-state index contributed by atoms with van der Waals surface area (Å²) in [5.74, 6) is 0.475. The summed E-state index contributed by atoms with van der Waals surface area (Å²) in [7, 11) is 0. The number of nitrogens with one attached hydrogen (secondary N) is 1. The van der Waals surface area contributed by atoms with Gasteiger partial charge >= 0.3 is 0 Å². The topological polar surface area (TPSA) is 49.3 Å². The number of carbonyl (C=O) groups excluding carboxylic acids is 1. The molecule has 0 aromatic rings. The maximum atomic E-state index is 11.7. The number of thiol groups is 1. The Kier molecular flexibility index (Phi) is 4.93. The van der Waals surface area contributed by atoms with Gasteiger partial charge in [-0.3, -0.25) is 4.79 Å². The molecule has 1 aliphatic rings. The molecule has 2 N–H and O–H groups in total. The lowest BCUT2D eigenvalue weighted by Crippen LogP contribution is -2.43. The summed E-state index contributed by atoms with van der Waals surface area (Å²) in [5, 5.41) is 11.9. The molecular weight excluding hydrogens is 210 g/mol. The lowest BCUT2D eigenvalue weighted by Gasteiger charge is -2.22. The zero-order valence-corrected chi connectivity index (χ0v) is 10.3. The molecule has 0 heterocycles. The molecule has 1 rings (SSSR count). The summed E-state index contributed by atoms with van der Waals surface area (Å²) in [6.07, 6.45) is 3.09. The van der Waals surface area contributed by atoms with Gasteiger partial charge in [-0.05, 0) is 18.8 Å². The zero-order valence-electron chi connectivity index (χ0n) is 9.44. The molecule has 3 nitrogen and oxygen atoms in total. The van der Waals surface area contributed by atoms with Crippen LogP contribution in [0.1, 0.15) is 33.1 Å². The van der Waals surface area contributed by atoms with Crippen LogP contribution in [0.25, 0.3) is 0 Å². The smallest absolute Gasteiger partial charge is 0.233 e. The van der Waals surface area contributed by atoms with Crippen molar-refractivity contribution in [2.45, 2.75) is 44.4 Å². The summed E-state index contributed by atoms with van der Waals surface area (Å²) in [6.45, 7) is 4.13. The van der Waals surface area contributed by atoms with Gasteiger partial charge in [0.15, 0.2) is 0 Å². The van der Waals surface area contributed by atoms with Crippen molar-refractivity contribution in [3.05, 3.63) is 0 Å². The first-order valence-electron chi connectivity index (χ1n) is 5.65. The number of amides is 1. The van der Waals surface area contributed by atoms with Crippen molar-refractivity contribution >= 4 is 18.5 Å². The maximum Gasteiger partial charge on any atom is 0.233 e. The molecule has 15 heavy (non-hydrogen) atoms. The molecule has 0 bridgehead atoms. The van der Waals surface area contributed by atoms with E-state index in [1.54, 1.807) is 0 Å². The summed E-state index contributed by atoms with van der Waals surface area (Å²) in [6, 6.07) is 0.149. The van der Waals surface area contributed by atoms with Gasteiger partial charge in [0, 0.05) is 18.6 Å². The highest BCUT2D eigenvalue weighted by molar-refractivity contribution is 7.81. The second-order valence-corrected chi connectivity index (χ2v) is 5.23. The largest absolute Gasteiger partial charge is 0.396 e. The van der Waals surface area contributed by atoms with Gasteiger partial charge in [0.1, 0.15) is 0 Å². The van der Waals surface area contributed by atoms with Crippen LogP contribution >= 0.6 is 12.6 Å². The van der Waals surface area contributed by atoms with E-state index >= 15 is 0 Å². The molecule has 88 valence electrons. The Morgan fingerprint density at radius 3 is 2.73 bits per heavy atom. The lowest BCUT2D eigenvalue weighted by atomic mass is 10.0. The molecular formula is C11H21NO2S. The first kappa shape index (κ1) is 12.8. The van der Waals surface area contributed by atoms with Crippen LogP contribution in [0.15, 0.2) is 0 Å². The highest BCUT2D eigenvalue weighted by Gasteiger charge is 2.29. The van der Waals surface area contributed by atoms with Gasteiger partial charge in [-0.1, -0.05) is 20.3 Å². The number of hydrogen-bond donors (Lipinski definition) is 3. The van der Waals surface area contributed by atoms with Crippen LogP contribution in [0.2, 0.25) is 0 Å². The Morgan fingerprint density at radius 1 is 1.53 bits per heavy atom. The molecule has 1 amide bonds. The normalized spacial score (nSPS) is 28.1. The first-order chi connectivity index (χ1) is 7.06. The van der Waals surface area contributed by atoms with E-state index in [1.807, 2.05) is 13.8 Å². The van der Waals surface area contributed by atoms with Crippen molar-refractivity contribution in [3.8, 4) is 0 Å². The summed E-state index contributed by atoms with van der Waals surface area (Å²) in [4.78, 5) is 11.7. The van der Waals surface area contributed by atoms with Crippen LogP contribution < -0.4 is 5.32 Å². The summed E-state index contributed by atoms with van der Waals surface area (Å²) < 4.78 is 0. The number of hydrogen-bond acceptors (Lipinski definition) is 3. The predicted molar refractivity (Wildman–Crippen MR) is 64.0 cm³/mol. The molecule has 0 aromatic heterocycles. The van der Waals surface area contributed by atoms with E-state index in [2.05, 4.69) is 17.9 Å². The van der Waals surface area contributed by atoms with Crippen molar-refractivity contribution < 1.29 is 9.90 Å². The molecule has 1 aliphatic carbocycles. The van der Waals surface area contributed by atoms with E-state index in [0.29, 0.717) is 0 Å². The van der Waals surface area contributed by atoms with Gasteiger partial charge < -0.3 is 10.4 Å². The van der Waals surface area contributed by atoms with Crippen molar-refractivity contribution in [2.24, 2.45) is 11.8 Å². The predicted octanol–water partition coefficient (Wildman–Crippen LogP) is 1.22. The Labute approximate surface area is 97.0 Å². The van der Waals surface area contributed by atoms with E-state index in [1.165, 1.54) is 0 Å². The fraction of sp³-hybridized carbons (Fsp3) is 0.909. The van der Waals surface area contributed by atoms with Crippen LogP contribution in [0.3, 0.4) is 0 Å². The standard InChI is InChI=1S/C11H21NO2S/c1-7(2)10(15)11(14)12-9-5-3-4-8(9)6-13/h7-10,13,15H,3-6H2,1-2H3,(H,12,14). The van der Waals surface area contributed by atoms with Crippen molar-refractivity contribution in [3.63, 3.8) is 0 Å². The van der Waals surface area contributed by atoms with Gasteiger partial charge in [0.05, 0.1) is 5.25 Å². The van der Waals surface area contributed by atoms with Gasteiger partial charge in [-0.2, -0.15) is 12.6 Å². The SMILES string of the molecule is CC(C)C(S)C(=O)NC1CCCC1CO. The monoisotopic (exact) mass is 231 g/mol. The minimum atomic E-state index is -0.245. The van der Waals surface area contributed by atoms with Crippen LogP contribution in [0.4, 0.5) is 0 Å². The van der Waals surface area contributed by atoms with Gasteiger partial charge in [-0.15, -0.1) is 0 Å².